The SMILES string of the molecule is Clc1nccnc1Cl.O=S(=O)(Nc1nccnc1Cl)C(F)(F)F. The molecule has 0 spiro atoms. The number of hydrogen-bond acceptors (Lipinski definition) is 6. The molecule has 0 bridgehead atoms. The number of halogens is 6. The van der Waals surface area contributed by atoms with Crippen LogP contribution in [0.1, 0.15) is 0 Å². The van der Waals surface area contributed by atoms with E-state index in [1.54, 1.807) is 0 Å². The molecular weight excluding hydrogens is 406 g/mol. The lowest BCUT2D eigenvalue weighted by Crippen LogP contribution is -2.30. The lowest BCUT2D eigenvalue weighted by molar-refractivity contribution is -0.0429. The minimum Gasteiger partial charge on any atom is -0.257 e. The van der Waals surface area contributed by atoms with Crippen molar-refractivity contribution in [1.29, 1.82) is 0 Å². The maximum atomic E-state index is 11.9. The van der Waals surface area contributed by atoms with Crippen molar-refractivity contribution < 1.29 is 21.6 Å². The summed E-state index contributed by atoms with van der Waals surface area (Å²) in [6.07, 6.45) is 5.07. The van der Waals surface area contributed by atoms with E-state index in [2.05, 4.69) is 19.9 Å². The van der Waals surface area contributed by atoms with E-state index in [4.69, 9.17) is 34.8 Å². The van der Waals surface area contributed by atoms with Gasteiger partial charge in [-0.1, -0.05) is 34.8 Å². The fourth-order valence-electron chi connectivity index (χ4n) is 0.879. The van der Waals surface area contributed by atoms with Gasteiger partial charge in [-0.05, 0) is 0 Å². The first-order valence-electron chi connectivity index (χ1n) is 5.22. The highest BCUT2D eigenvalue weighted by atomic mass is 35.5. The Morgan fingerprint density at radius 2 is 1.22 bits per heavy atom. The molecule has 0 radical (unpaired) electrons. The monoisotopic (exact) mass is 409 g/mol. The van der Waals surface area contributed by atoms with Gasteiger partial charge in [0.05, 0.1) is 0 Å². The summed E-state index contributed by atoms with van der Waals surface area (Å²) in [6.45, 7) is 0. The molecular formula is C9H5Cl3F3N5O2S. The predicted molar refractivity (Wildman–Crippen MR) is 77.7 cm³/mol. The van der Waals surface area contributed by atoms with Crippen LogP contribution in [0, 0.1) is 0 Å². The van der Waals surface area contributed by atoms with Crippen molar-refractivity contribution in [2.75, 3.05) is 4.72 Å². The van der Waals surface area contributed by atoms with E-state index in [0.717, 1.165) is 12.4 Å². The fraction of sp³-hybridized carbons (Fsp3) is 0.111. The van der Waals surface area contributed by atoms with Crippen LogP contribution in [0.4, 0.5) is 19.0 Å². The molecule has 14 heteroatoms. The van der Waals surface area contributed by atoms with Crippen molar-refractivity contribution in [3.8, 4) is 0 Å². The van der Waals surface area contributed by atoms with Gasteiger partial charge in [-0.25, -0.2) is 19.9 Å². The van der Waals surface area contributed by atoms with Gasteiger partial charge in [0.15, 0.2) is 21.3 Å². The number of hydrogen-bond donors (Lipinski definition) is 1. The van der Waals surface area contributed by atoms with Crippen molar-refractivity contribution in [2.45, 2.75) is 5.51 Å². The van der Waals surface area contributed by atoms with Gasteiger partial charge in [-0.3, -0.25) is 4.72 Å². The molecule has 0 aromatic carbocycles. The number of alkyl halides is 3. The Hall–Kier alpha value is -1.43. The smallest absolute Gasteiger partial charge is 0.257 e. The highest BCUT2D eigenvalue weighted by Crippen LogP contribution is 2.26. The summed E-state index contributed by atoms with van der Waals surface area (Å²) in [7, 11) is -5.51. The second-order valence-electron chi connectivity index (χ2n) is 3.38. The summed E-state index contributed by atoms with van der Waals surface area (Å²) in [4.78, 5) is 13.9. The summed E-state index contributed by atoms with van der Waals surface area (Å²) in [6, 6.07) is 0. The summed E-state index contributed by atoms with van der Waals surface area (Å²) in [5, 5.41) is 0.0219. The Bertz CT molecular complexity index is 754. The molecule has 126 valence electrons. The van der Waals surface area contributed by atoms with E-state index in [1.165, 1.54) is 17.1 Å². The Morgan fingerprint density at radius 3 is 1.57 bits per heavy atom. The molecule has 0 unspecified atom stereocenters. The molecule has 23 heavy (non-hydrogen) atoms. The largest absolute Gasteiger partial charge is 0.516 e. The van der Waals surface area contributed by atoms with Crippen LogP contribution in [0.2, 0.25) is 15.5 Å². The van der Waals surface area contributed by atoms with Crippen molar-refractivity contribution in [2.24, 2.45) is 0 Å². The molecule has 0 saturated heterocycles. The second kappa shape index (κ2) is 7.90. The molecule has 0 fully saturated rings. The van der Waals surface area contributed by atoms with E-state index in [-0.39, 0.29) is 10.3 Å². The van der Waals surface area contributed by atoms with Gasteiger partial charge in [-0.15, -0.1) is 0 Å². The molecule has 2 heterocycles. The van der Waals surface area contributed by atoms with E-state index in [1.807, 2.05) is 0 Å². The van der Waals surface area contributed by atoms with Gasteiger partial charge in [0.1, 0.15) is 0 Å². The topological polar surface area (TPSA) is 97.7 Å². The fourth-order valence-corrected chi connectivity index (χ4v) is 1.82. The third kappa shape index (κ3) is 5.94. The van der Waals surface area contributed by atoms with Gasteiger partial charge in [0.25, 0.3) is 0 Å². The number of sulfonamides is 1. The Labute approximate surface area is 142 Å². The lowest BCUT2D eigenvalue weighted by atomic mass is 10.7. The van der Waals surface area contributed by atoms with Crippen LogP contribution in [0.3, 0.4) is 0 Å². The first-order chi connectivity index (χ1) is 10.5. The molecule has 0 aliphatic rings. The van der Waals surface area contributed by atoms with Crippen molar-refractivity contribution >= 4 is 50.6 Å². The van der Waals surface area contributed by atoms with Gasteiger partial charge in [0, 0.05) is 24.8 Å². The van der Waals surface area contributed by atoms with Crippen LogP contribution < -0.4 is 4.72 Å². The number of nitrogens with zero attached hydrogens (tertiary/aromatic N) is 4. The molecule has 0 aliphatic carbocycles. The highest BCUT2D eigenvalue weighted by molar-refractivity contribution is 7.93. The first-order valence-corrected chi connectivity index (χ1v) is 7.84. The van der Waals surface area contributed by atoms with Crippen molar-refractivity contribution in [3.63, 3.8) is 0 Å². The number of anilines is 1. The van der Waals surface area contributed by atoms with E-state index in [0.29, 0.717) is 0 Å². The average molecular weight is 411 g/mol. The Balaban J connectivity index is 0.000000277. The standard InChI is InChI=1S/C5H3ClF3N3O2S.C4H2Cl2N2/c6-3-4(11-2-1-10-3)12-15(13,14)5(7,8)9;5-3-4(6)8-2-1-7-3/h1-2H,(H,11,12);1-2H. The van der Waals surface area contributed by atoms with Gasteiger partial charge < -0.3 is 0 Å². The van der Waals surface area contributed by atoms with Crippen LogP contribution in [-0.4, -0.2) is 33.9 Å². The van der Waals surface area contributed by atoms with E-state index in [9.17, 15) is 21.6 Å². The highest BCUT2D eigenvalue weighted by Gasteiger charge is 2.46. The van der Waals surface area contributed by atoms with Crippen LogP contribution in [0.25, 0.3) is 0 Å². The number of rotatable bonds is 2. The first kappa shape index (κ1) is 19.6. The normalized spacial score (nSPS) is 11.4. The zero-order valence-electron chi connectivity index (χ0n) is 10.6. The van der Waals surface area contributed by atoms with Crippen molar-refractivity contribution in [1.82, 2.24) is 19.9 Å². The molecule has 0 atom stereocenters. The summed E-state index contributed by atoms with van der Waals surface area (Å²) in [5.74, 6) is -0.670. The molecule has 2 rings (SSSR count). The molecule has 2 aromatic rings. The van der Waals surface area contributed by atoms with Crippen LogP contribution >= 0.6 is 34.8 Å². The third-order valence-corrected chi connectivity index (χ3v) is 3.80. The van der Waals surface area contributed by atoms with Gasteiger partial charge in [-0.2, -0.15) is 21.6 Å². The van der Waals surface area contributed by atoms with Gasteiger partial charge >= 0.3 is 15.5 Å². The maximum absolute atomic E-state index is 11.9. The quantitative estimate of drug-likeness (QED) is 0.816. The van der Waals surface area contributed by atoms with Crippen LogP contribution in [0.5, 0.6) is 0 Å². The molecule has 0 aliphatic heterocycles. The number of aromatic nitrogens is 4. The minimum absolute atomic E-state index is 0.245. The van der Waals surface area contributed by atoms with Crippen molar-refractivity contribution in [3.05, 3.63) is 40.2 Å². The molecule has 7 nitrogen and oxygen atoms in total. The maximum Gasteiger partial charge on any atom is 0.516 e. The summed E-state index contributed by atoms with van der Waals surface area (Å²) < 4.78 is 58.1. The van der Waals surface area contributed by atoms with Crippen LogP contribution in [-0.2, 0) is 10.0 Å². The lowest BCUT2D eigenvalue weighted by Gasteiger charge is -2.09. The number of nitrogens with one attached hydrogen (secondary N) is 1. The molecule has 0 saturated carbocycles. The molecule has 2 aromatic heterocycles. The van der Waals surface area contributed by atoms with Gasteiger partial charge in [0.2, 0.25) is 0 Å². The molecule has 1 N–H and O–H groups in total. The van der Waals surface area contributed by atoms with E-state index < -0.39 is 26.5 Å². The average Bonchev–Trinajstić information content (AvgIpc) is 2.44. The third-order valence-electron chi connectivity index (χ3n) is 1.80. The minimum atomic E-state index is -5.51. The zero-order valence-corrected chi connectivity index (χ0v) is 13.7. The predicted octanol–water partition coefficient (Wildman–Crippen LogP) is 3.17. The Morgan fingerprint density at radius 1 is 0.826 bits per heavy atom. The summed E-state index contributed by atoms with van der Waals surface area (Å²) >= 11 is 16.1. The zero-order chi connectivity index (χ0) is 17.7. The summed E-state index contributed by atoms with van der Waals surface area (Å²) in [5.41, 5.74) is -5.42. The molecule has 0 amide bonds. The Kier molecular flexibility index (Phi) is 6.74. The van der Waals surface area contributed by atoms with E-state index >= 15 is 0 Å². The van der Waals surface area contributed by atoms with Crippen LogP contribution in [0.15, 0.2) is 24.8 Å². The second-order valence-corrected chi connectivity index (χ2v) is 6.13.